The summed E-state index contributed by atoms with van der Waals surface area (Å²) in [5.74, 6) is 0.992. The Morgan fingerprint density at radius 2 is 1.58 bits per heavy atom. The Morgan fingerprint density at radius 1 is 0.750 bits per heavy atom. The minimum absolute atomic E-state index is 0.479. The molecule has 0 unspecified atom stereocenters. The van der Waals surface area contributed by atoms with Gasteiger partial charge in [0.25, 0.3) is 0 Å². The van der Waals surface area contributed by atoms with Gasteiger partial charge in [0, 0.05) is 11.1 Å². The summed E-state index contributed by atoms with van der Waals surface area (Å²) in [7, 11) is 0. The van der Waals surface area contributed by atoms with Crippen molar-refractivity contribution in [2.24, 2.45) is 0 Å². The first kappa shape index (κ1) is 13.3. The third kappa shape index (κ3) is 2.08. The van der Waals surface area contributed by atoms with Crippen LogP contribution in [0.2, 0.25) is 0 Å². The lowest BCUT2D eigenvalue weighted by molar-refractivity contribution is 0.585. The van der Waals surface area contributed by atoms with Crippen LogP contribution in [-0.4, -0.2) is 18.9 Å². The van der Waals surface area contributed by atoms with Crippen molar-refractivity contribution in [1.29, 1.82) is 0 Å². The van der Waals surface area contributed by atoms with E-state index in [1.807, 2.05) is 42.5 Å². The van der Waals surface area contributed by atoms with Crippen LogP contribution in [0.1, 0.15) is 0 Å². The third-order valence-electron chi connectivity index (χ3n) is 3.95. The molecule has 0 N–H and O–H groups in total. The summed E-state index contributed by atoms with van der Waals surface area (Å²) in [5, 5.41) is 10.7. The first-order chi connectivity index (χ1) is 11.9. The van der Waals surface area contributed by atoms with E-state index in [0.29, 0.717) is 11.8 Å². The van der Waals surface area contributed by atoms with Crippen LogP contribution in [0.15, 0.2) is 65.1 Å². The lowest BCUT2D eigenvalue weighted by atomic mass is 10.0. The van der Waals surface area contributed by atoms with Crippen molar-refractivity contribution in [3.8, 4) is 22.9 Å². The minimum Gasteiger partial charge on any atom is -0.416 e. The number of benzene rings is 3. The average molecular weight is 330 g/mol. The first-order valence-electron chi connectivity index (χ1n) is 7.43. The van der Waals surface area contributed by atoms with Gasteiger partial charge >= 0.3 is 0 Å². The smallest absolute Gasteiger partial charge is 0.248 e. The standard InChI is InChI=1S/C18H10N4OS/c1-2-6-13-11(4-1)5-3-7-14(13)18-20-19-17(23-18)12-8-9-15-16(10-12)22-24-21-15/h1-10H. The van der Waals surface area contributed by atoms with E-state index in [0.717, 1.165) is 32.9 Å². The van der Waals surface area contributed by atoms with E-state index in [1.165, 1.54) is 11.7 Å². The lowest BCUT2D eigenvalue weighted by Gasteiger charge is -2.01. The van der Waals surface area contributed by atoms with Crippen molar-refractivity contribution in [3.63, 3.8) is 0 Å². The predicted molar refractivity (Wildman–Crippen MR) is 93.6 cm³/mol. The maximum absolute atomic E-state index is 5.92. The number of aromatic nitrogens is 4. The second-order valence-electron chi connectivity index (χ2n) is 5.41. The Morgan fingerprint density at radius 3 is 2.58 bits per heavy atom. The molecule has 0 saturated heterocycles. The fourth-order valence-electron chi connectivity index (χ4n) is 2.78. The van der Waals surface area contributed by atoms with Crippen molar-refractivity contribution in [2.75, 3.05) is 0 Å². The highest BCUT2D eigenvalue weighted by Gasteiger charge is 2.13. The molecule has 5 rings (SSSR count). The molecule has 0 atom stereocenters. The summed E-state index contributed by atoms with van der Waals surface area (Å²) in [4.78, 5) is 0. The Hall–Kier alpha value is -3.12. The summed E-state index contributed by atoms with van der Waals surface area (Å²) in [6.07, 6.45) is 0. The molecule has 3 aromatic carbocycles. The van der Waals surface area contributed by atoms with Gasteiger partial charge in [-0.15, -0.1) is 10.2 Å². The summed E-state index contributed by atoms with van der Waals surface area (Å²) in [6.45, 7) is 0. The highest BCUT2D eigenvalue weighted by atomic mass is 32.1. The molecule has 2 heterocycles. The molecule has 114 valence electrons. The summed E-state index contributed by atoms with van der Waals surface area (Å²) >= 11 is 1.19. The van der Waals surface area contributed by atoms with E-state index >= 15 is 0 Å². The van der Waals surface area contributed by atoms with Gasteiger partial charge in [0.15, 0.2) is 0 Å². The first-order valence-corrected chi connectivity index (χ1v) is 8.16. The van der Waals surface area contributed by atoms with E-state index < -0.39 is 0 Å². The highest BCUT2D eigenvalue weighted by Crippen LogP contribution is 2.30. The van der Waals surface area contributed by atoms with Gasteiger partial charge in [-0.3, -0.25) is 0 Å². The van der Waals surface area contributed by atoms with Gasteiger partial charge in [0.05, 0.1) is 11.7 Å². The lowest BCUT2D eigenvalue weighted by Crippen LogP contribution is -1.81. The second kappa shape index (κ2) is 5.21. The normalized spacial score (nSPS) is 11.3. The van der Waals surface area contributed by atoms with Crippen LogP contribution >= 0.6 is 11.7 Å². The van der Waals surface area contributed by atoms with Gasteiger partial charge < -0.3 is 4.42 Å². The molecule has 0 bridgehead atoms. The van der Waals surface area contributed by atoms with Gasteiger partial charge in [-0.25, -0.2) is 0 Å². The Balaban J connectivity index is 1.63. The molecule has 0 aliphatic carbocycles. The molecule has 0 fully saturated rings. The van der Waals surface area contributed by atoms with Gasteiger partial charge in [-0.1, -0.05) is 36.4 Å². The molecular formula is C18H10N4OS. The van der Waals surface area contributed by atoms with Gasteiger partial charge in [-0.2, -0.15) is 8.75 Å². The number of fused-ring (bicyclic) bond motifs is 2. The monoisotopic (exact) mass is 330 g/mol. The van der Waals surface area contributed by atoms with Crippen molar-refractivity contribution < 1.29 is 4.42 Å². The fourth-order valence-corrected chi connectivity index (χ4v) is 3.29. The molecule has 0 aliphatic heterocycles. The van der Waals surface area contributed by atoms with Crippen molar-refractivity contribution in [2.45, 2.75) is 0 Å². The van der Waals surface area contributed by atoms with Crippen molar-refractivity contribution in [1.82, 2.24) is 18.9 Å². The number of hydrogen-bond donors (Lipinski definition) is 0. The Labute approximate surface area is 140 Å². The third-order valence-corrected chi connectivity index (χ3v) is 4.50. The molecule has 0 amide bonds. The van der Waals surface area contributed by atoms with Crippen LogP contribution in [0.4, 0.5) is 0 Å². The molecule has 0 spiro atoms. The SMILES string of the molecule is c1ccc2c(-c3nnc(-c4ccc5nsnc5c4)o3)cccc2c1. The molecular weight excluding hydrogens is 320 g/mol. The summed E-state index contributed by atoms with van der Waals surface area (Å²) in [6, 6.07) is 20.0. The van der Waals surface area contributed by atoms with E-state index in [-0.39, 0.29) is 0 Å². The fraction of sp³-hybridized carbons (Fsp3) is 0. The number of rotatable bonds is 2. The van der Waals surface area contributed by atoms with E-state index in [2.05, 4.69) is 37.1 Å². The van der Waals surface area contributed by atoms with E-state index in [1.54, 1.807) is 0 Å². The van der Waals surface area contributed by atoms with Gasteiger partial charge in [0.1, 0.15) is 11.0 Å². The molecule has 5 nitrogen and oxygen atoms in total. The predicted octanol–water partition coefficient (Wildman–Crippen LogP) is 4.56. The largest absolute Gasteiger partial charge is 0.416 e. The van der Waals surface area contributed by atoms with Crippen LogP contribution in [0.3, 0.4) is 0 Å². The zero-order valence-electron chi connectivity index (χ0n) is 12.4. The topological polar surface area (TPSA) is 64.7 Å². The van der Waals surface area contributed by atoms with Crippen LogP contribution < -0.4 is 0 Å². The van der Waals surface area contributed by atoms with Crippen LogP contribution in [0.25, 0.3) is 44.7 Å². The minimum atomic E-state index is 0.479. The molecule has 5 aromatic rings. The highest BCUT2D eigenvalue weighted by molar-refractivity contribution is 7.00. The zero-order chi connectivity index (χ0) is 15.9. The zero-order valence-corrected chi connectivity index (χ0v) is 13.2. The van der Waals surface area contributed by atoms with Crippen LogP contribution in [0, 0.1) is 0 Å². The van der Waals surface area contributed by atoms with Crippen LogP contribution in [-0.2, 0) is 0 Å². The van der Waals surface area contributed by atoms with Gasteiger partial charge in [-0.05, 0) is 35.0 Å². The van der Waals surface area contributed by atoms with Crippen molar-refractivity contribution >= 4 is 33.5 Å². The second-order valence-corrected chi connectivity index (χ2v) is 5.94. The molecule has 0 radical (unpaired) electrons. The Kier molecular flexibility index (Phi) is 2.89. The number of nitrogens with zero attached hydrogens (tertiary/aromatic N) is 4. The summed E-state index contributed by atoms with van der Waals surface area (Å²) in [5.41, 5.74) is 3.48. The maximum atomic E-state index is 5.92. The molecule has 0 aliphatic rings. The van der Waals surface area contributed by atoms with Crippen LogP contribution in [0.5, 0.6) is 0 Å². The quantitative estimate of drug-likeness (QED) is 0.475. The van der Waals surface area contributed by atoms with Gasteiger partial charge in [0.2, 0.25) is 11.8 Å². The molecule has 24 heavy (non-hydrogen) atoms. The molecule has 0 saturated carbocycles. The average Bonchev–Trinajstić information content (AvgIpc) is 3.30. The van der Waals surface area contributed by atoms with E-state index in [4.69, 9.17) is 4.42 Å². The molecule has 6 heteroatoms. The summed E-state index contributed by atoms with van der Waals surface area (Å²) < 4.78 is 14.4. The van der Waals surface area contributed by atoms with E-state index in [9.17, 15) is 0 Å². The Bertz CT molecular complexity index is 1170. The van der Waals surface area contributed by atoms with Crippen molar-refractivity contribution in [3.05, 3.63) is 60.7 Å². The molecule has 2 aromatic heterocycles. The maximum Gasteiger partial charge on any atom is 0.248 e. The number of hydrogen-bond acceptors (Lipinski definition) is 6.